The van der Waals surface area contributed by atoms with E-state index < -0.39 is 0 Å². The van der Waals surface area contributed by atoms with Crippen LogP contribution in [0.15, 0.2) is 24.3 Å². The molecule has 0 amide bonds. The van der Waals surface area contributed by atoms with E-state index in [0.29, 0.717) is 0 Å². The molecule has 1 aliphatic heterocycles. The molecular weight excluding hydrogens is 222 g/mol. The Balaban J connectivity index is 2.19. The average Bonchev–Trinajstić information content (AvgIpc) is 2.33. The van der Waals surface area contributed by atoms with Crippen molar-refractivity contribution in [3.63, 3.8) is 0 Å². The molecule has 1 aromatic rings. The van der Waals surface area contributed by atoms with Crippen molar-refractivity contribution in [2.45, 2.75) is 32.2 Å². The lowest BCUT2D eigenvalue weighted by molar-refractivity contribution is 0.421. The summed E-state index contributed by atoms with van der Waals surface area (Å²) in [5.41, 5.74) is 8.93. The fourth-order valence-electron chi connectivity index (χ4n) is 2.82. The quantitative estimate of drug-likeness (QED) is 0.887. The maximum absolute atomic E-state index is 6.39. The predicted octanol–water partition coefficient (Wildman–Crippen LogP) is 2.46. The van der Waals surface area contributed by atoms with Crippen molar-refractivity contribution in [1.29, 1.82) is 0 Å². The van der Waals surface area contributed by atoms with Crippen LogP contribution in [0.5, 0.6) is 0 Å². The van der Waals surface area contributed by atoms with Crippen LogP contribution >= 0.6 is 0 Å². The highest BCUT2D eigenvalue weighted by atomic mass is 15.3. The van der Waals surface area contributed by atoms with E-state index in [1.165, 1.54) is 11.4 Å². The van der Waals surface area contributed by atoms with Crippen LogP contribution in [-0.2, 0) is 0 Å². The molecule has 0 fully saturated rings. The summed E-state index contributed by atoms with van der Waals surface area (Å²) < 4.78 is 0. The number of anilines is 2. The third-order valence-electron chi connectivity index (χ3n) is 3.71. The van der Waals surface area contributed by atoms with E-state index in [9.17, 15) is 0 Å². The SMILES string of the molecule is CCCC(C)(N)CN1CCN(C)c2ccccc21. The van der Waals surface area contributed by atoms with Crippen LogP contribution in [0.25, 0.3) is 0 Å². The molecule has 0 aliphatic carbocycles. The summed E-state index contributed by atoms with van der Waals surface area (Å²) >= 11 is 0. The lowest BCUT2D eigenvalue weighted by atomic mass is 9.96. The van der Waals surface area contributed by atoms with E-state index in [1.807, 2.05) is 0 Å². The van der Waals surface area contributed by atoms with Gasteiger partial charge in [-0.15, -0.1) is 0 Å². The zero-order chi connectivity index (χ0) is 13.2. The van der Waals surface area contributed by atoms with E-state index in [0.717, 1.165) is 32.5 Å². The summed E-state index contributed by atoms with van der Waals surface area (Å²) in [6.07, 6.45) is 2.21. The largest absolute Gasteiger partial charge is 0.371 e. The molecule has 0 saturated heterocycles. The van der Waals surface area contributed by atoms with Crippen LogP contribution in [0.2, 0.25) is 0 Å². The Kier molecular flexibility index (Phi) is 3.81. The van der Waals surface area contributed by atoms with E-state index in [-0.39, 0.29) is 5.54 Å². The van der Waals surface area contributed by atoms with Gasteiger partial charge in [-0.1, -0.05) is 25.5 Å². The predicted molar refractivity (Wildman–Crippen MR) is 79.4 cm³/mol. The fourth-order valence-corrected chi connectivity index (χ4v) is 2.82. The van der Waals surface area contributed by atoms with Crippen molar-refractivity contribution < 1.29 is 0 Å². The third-order valence-corrected chi connectivity index (χ3v) is 3.71. The van der Waals surface area contributed by atoms with Gasteiger partial charge in [0, 0.05) is 32.2 Å². The molecule has 3 heteroatoms. The van der Waals surface area contributed by atoms with Gasteiger partial charge in [-0.25, -0.2) is 0 Å². The Morgan fingerprint density at radius 2 is 1.89 bits per heavy atom. The number of hydrogen-bond donors (Lipinski definition) is 1. The lowest BCUT2D eigenvalue weighted by Crippen LogP contribution is -2.51. The highest BCUT2D eigenvalue weighted by molar-refractivity contribution is 5.73. The molecule has 0 spiro atoms. The van der Waals surface area contributed by atoms with E-state index in [2.05, 4.69) is 55.0 Å². The Hall–Kier alpha value is -1.22. The maximum Gasteiger partial charge on any atom is 0.0605 e. The molecule has 2 rings (SSSR count). The van der Waals surface area contributed by atoms with Crippen molar-refractivity contribution in [1.82, 2.24) is 0 Å². The number of fused-ring (bicyclic) bond motifs is 1. The first-order valence-corrected chi connectivity index (χ1v) is 6.87. The standard InChI is InChI=1S/C15H25N3/c1-4-9-15(2,16)12-18-11-10-17(3)13-7-5-6-8-14(13)18/h5-8H,4,9-12,16H2,1-3H3. The van der Waals surface area contributed by atoms with Gasteiger partial charge in [-0.05, 0) is 25.5 Å². The zero-order valence-corrected chi connectivity index (χ0v) is 11.8. The smallest absolute Gasteiger partial charge is 0.0605 e. The van der Waals surface area contributed by atoms with Gasteiger partial charge in [0.15, 0.2) is 0 Å². The number of hydrogen-bond acceptors (Lipinski definition) is 3. The first-order chi connectivity index (χ1) is 8.53. The molecule has 0 aromatic heterocycles. The highest BCUT2D eigenvalue weighted by Gasteiger charge is 2.26. The van der Waals surface area contributed by atoms with Gasteiger partial charge in [0.05, 0.1) is 11.4 Å². The summed E-state index contributed by atoms with van der Waals surface area (Å²) in [6, 6.07) is 8.60. The van der Waals surface area contributed by atoms with Gasteiger partial charge in [0.25, 0.3) is 0 Å². The first-order valence-electron chi connectivity index (χ1n) is 6.87. The van der Waals surface area contributed by atoms with Crippen LogP contribution in [0.4, 0.5) is 11.4 Å². The summed E-state index contributed by atoms with van der Waals surface area (Å²) in [4.78, 5) is 4.75. The molecule has 100 valence electrons. The van der Waals surface area contributed by atoms with Gasteiger partial charge in [0.1, 0.15) is 0 Å². The summed E-state index contributed by atoms with van der Waals surface area (Å²) in [7, 11) is 2.16. The molecule has 1 heterocycles. The lowest BCUT2D eigenvalue weighted by Gasteiger charge is -2.40. The molecule has 1 unspecified atom stereocenters. The monoisotopic (exact) mass is 247 g/mol. The van der Waals surface area contributed by atoms with Crippen molar-refractivity contribution in [3.8, 4) is 0 Å². The summed E-state index contributed by atoms with van der Waals surface area (Å²) in [5, 5.41) is 0. The third kappa shape index (κ3) is 2.78. The molecular formula is C15H25N3. The van der Waals surface area contributed by atoms with Gasteiger partial charge in [0.2, 0.25) is 0 Å². The van der Waals surface area contributed by atoms with E-state index in [4.69, 9.17) is 5.73 Å². The topological polar surface area (TPSA) is 32.5 Å². The van der Waals surface area contributed by atoms with Crippen LogP contribution in [-0.4, -0.2) is 32.2 Å². The second kappa shape index (κ2) is 5.19. The van der Waals surface area contributed by atoms with E-state index >= 15 is 0 Å². The highest BCUT2D eigenvalue weighted by Crippen LogP contribution is 2.32. The minimum absolute atomic E-state index is 0.0994. The minimum Gasteiger partial charge on any atom is -0.371 e. The molecule has 0 bridgehead atoms. The molecule has 1 atom stereocenters. The number of nitrogens with zero attached hydrogens (tertiary/aromatic N) is 2. The van der Waals surface area contributed by atoms with Crippen molar-refractivity contribution in [2.75, 3.05) is 36.5 Å². The summed E-state index contributed by atoms with van der Waals surface area (Å²) in [5.74, 6) is 0. The van der Waals surface area contributed by atoms with Crippen molar-refractivity contribution >= 4 is 11.4 Å². The number of likely N-dealkylation sites (N-methyl/N-ethyl adjacent to an activating group) is 1. The maximum atomic E-state index is 6.39. The number of rotatable bonds is 4. The summed E-state index contributed by atoms with van der Waals surface area (Å²) in [6.45, 7) is 7.43. The number of benzene rings is 1. The van der Waals surface area contributed by atoms with Gasteiger partial charge >= 0.3 is 0 Å². The van der Waals surface area contributed by atoms with Gasteiger partial charge in [-0.2, -0.15) is 0 Å². The van der Waals surface area contributed by atoms with Crippen LogP contribution < -0.4 is 15.5 Å². The zero-order valence-electron chi connectivity index (χ0n) is 11.8. The Morgan fingerprint density at radius 1 is 1.22 bits per heavy atom. The average molecular weight is 247 g/mol. The molecule has 1 aromatic carbocycles. The van der Waals surface area contributed by atoms with Crippen LogP contribution in [0, 0.1) is 0 Å². The second-order valence-corrected chi connectivity index (χ2v) is 5.74. The van der Waals surface area contributed by atoms with Crippen molar-refractivity contribution in [2.24, 2.45) is 5.73 Å². The molecule has 18 heavy (non-hydrogen) atoms. The Morgan fingerprint density at radius 3 is 2.56 bits per heavy atom. The first kappa shape index (κ1) is 13.2. The molecule has 2 N–H and O–H groups in total. The Bertz CT molecular complexity index is 400. The molecule has 0 radical (unpaired) electrons. The van der Waals surface area contributed by atoms with E-state index in [1.54, 1.807) is 0 Å². The van der Waals surface area contributed by atoms with Crippen molar-refractivity contribution in [3.05, 3.63) is 24.3 Å². The van der Waals surface area contributed by atoms with Gasteiger partial charge < -0.3 is 15.5 Å². The molecule has 3 nitrogen and oxygen atoms in total. The molecule has 0 saturated carbocycles. The van der Waals surface area contributed by atoms with Crippen LogP contribution in [0.1, 0.15) is 26.7 Å². The molecule has 1 aliphatic rings. The second-order valence-electron chi connectivity index (χ2n) is 5.74. The number of nitrogens with two attached hydrogens (primary N) is 1. The van der Waals surface area contributed by atoms with Gasteiger partial charge in [-0.3, -0.25) is 0 Å². The number of para-hydroxylation sites is 2. The Labute approximate surface area is 111 Å². The fraction of sp³-hybridized carbons (Fsp3) is 0.600. The van der Waals surface area contributed by atoms with Crippen LogP contribution in [0.3, 0.4) is 0 Å². The minimum atomic E-state index is -0.0994. The normalized spacial score (nSPS) is 18.4.